The number of benzene rings is 1. The first-order valence-electron chi connectivity index (χ1n) is 11.0. The zero-order chi connectivity index (χ0) is 20.9. The molecule has 2 heterocycles. The van der Waals surface area contributed by atoms with Crippen LogP contribution in [0.2, 0.25) is 5.02 Å². The van der Waals surface area contributed by atoms with E-state index in [9.17, 15) is 9.59 Å². The van der Waals surface area contributed by atoms with Crippen LogP contribution in [0.15, 0.2) is 29.2 Å². The van der Waals surface area contributed by atoms with E-state index in [1.165, 1.54) is 19.3 Å². The predicted molar refractivity (Wildman–Crippen MR) is 123 cm³/mol. The number of hydrogen-bond donors (Lipinski definition) is 1. The van der Waals surface area contributed by atoms with Crippen LogP contribution in [-0.4, -0.2) is 65.6 Å². The summed E-state index contributed by atoms with van der Waals surface area (Å²) in [6.45, 7) is 3.94. The highest BCUT2D eigenvalue weighted by Crippen LogP contribution is 2.42. The summed E-state index contributed by atoms with van der Waals surface area (Å²) in [5.74, 6) is -0.0718. The van der Waals surface area contributed by atoms with Crippen molar-refractivity contribution in [2.75, 3.05) is 32.7 Å². The normalized spacial score (nSPS) is 26.1. The fraction of sp³-hybridized carbons (Fsp3) is 0.565. The van der Waals surface area contributed by atoms with E-state index in [1.807, 2.05) is 35.2 Å². The molecule has 2 amide bonds. The standard InChI is InChI=1S/C23H30ClN3O2S/c24-18-9-7-17(8-10-18)15-21-23(29)27(19-5-1-2-6-20(19)30-21)16-22(28)25-11-14-26-12-3-4-13-26/h7-10,15,19-20H,1-6,11-14,16H2,(H,25,28)/b21-15+. The maximum atomic E-state index is 13.3. The van der Waals surface area contributed by atoms with Crippen LogP contribution in [0.5, 0.6) is 0 Å². The van der Waals surface area contributed by atoms with Gasteiger partial charge >= 0.3 is 0 Å². The van der Waals surface area contributed by atoms with Crippen LogP contribution in [0, 0.1) is 0 Å². The van der Waals surface area contributed by atoms with Crippen LogP contribution in [-0.2, 0) is 9.59 Å². The first-order valence-corrected chi connectivity index (χ1v) is 12.3. The molecule has 1 aromatic rings. The number of nitrogens with zero attached hydrogens (tertiary/aromatic N) is 2. The minimum atomic E-state index is -0.0513. The van der Waals surface area contributed by atoms with E-state index >= 15 is 0 Å². The van der Waals surface area contributed by atoms with E-state index < -0.39 is 0 Å². The number of nitrogens with one attached hydrogen (secondary N) is 1. The molecule has 3 aliphatic rings. The highest BCUT2D eigenvalue weighted by molar-refractivity contribution is 8.04. The van der Waals surface area contributed by atoms with Crippen LogP contribution in [0.3, 0.4) is 0 Å². The van der Waals surface area contributed by atoms with E-state index in [4.69, 9.17) is 11.6 Å². The summed E-state index contributed by atoms with van der Waals surface area (Å²) in [5, 5.41) is 4.08. The Labute approximate surface area is 188 Å². The average molecular weight is 448 g/mol. The lowest BCUT2D eigenvalue weighted by Crippen LogP contribution is -2.54. The molecule has 2 saturated heterocycles. The predicted octanol–water partition coefficient (Wildman–Crippen LogP) is 3.78. The highest BCUT2D eigenvalue weighted by Gasteiger charge is 2.41. The first-order chi connectivity index (χ1) is 14.6. The van der Waals surface area contributed by atoms with Gasteiger partial charge in [0.25, 0.3) is 5.91 Å². The quantitative estimate of drug-likeness (QED) is 0.674. The van der Waals surface area contributed by atoms with Crippen LogP contribution < -0.4 is 5.32 Å². The van der Waals surface area contributed by atoms with E-state index in [0.29, 0.717) is 16.8 Å². The Balaban J connectivity index is 1.42. The Bertz CT molecular complexity index is 792. The molecule has 0 radical (unpaired) electrons. The Morgan fingerprint density at radius 2 is 1.87 bits per heavy atom. The van der Waals surface area contributed by atoms with Crippen molar-refractivity contribution in [1.29, 1.82) is 0 Å². The summed E-state index contributed by atoms with van der Waals surface area (Å²) in [4.78, 5) is 30.9. The summed E-state index contributed by atoms with van der Waals surface area (Å²) in [7, 11) is 0. The Kier molecular flexibility index (Phi) is 7.39. The summed E-state index contributed by atoms with van der Waals surface area (Å²) < 4.78 is 0. The number of amides is 2. The molecule has 0 aromatic heterocycles. The van der Waals surface area contributed by atoms with Gasteiger partial charge in [0, 0.05) is 29.4 Å². The zero-order valence-corrected chi connectivity index (χ0v) is 18.9. The van der Waals surface area contributed by atoms with Gasteiger partial charge < -0.3 is 15.1 Å². The second-order valence-corrected chi connectivity index (χ2v) is 10.1. The third-order valence-electron chi connectivity index (χ3n) is 6.25. The molecule has 3 fully saturated rings. The second kappa shape index (κ2) is 10.2. The van der Waals surface area contributed by atoms with E-state index in [0.717, 1.165) is 49.4 Å². The van der Waals surface area contributed by atoms with Crippen LogP contribution >= 0.6 is 23.4 Å². The van der Waals surface area contributed by atoms with Crippen molar-refractivity contribution in [2.45, 2.75) is 49.8 Å². The van der Waals surface area contributed by atoms with Crippen molar-refractivity contribution in [3.8, 4) is 0 Å². The van der Waals surface area contributed by atoms with Crippen LogP contribution in [0.1, 0.15) is 44.1 Å². The van der Waals surface area contributed by atoms with E-state index in [1.54, 1.807) is 11.8 Å². The summed E-state index contributed by atoms with van der Waals surface area (Å²) in [6.07, 6.45) is 8.82. The largest absolute Gasteiger partial charge is 0.353 e. The minimum Gasteiger partial charge on any atom is -0.353 e. The molecular formula is C23H30ClN3O2S. The maximum Gasteiger partial charge on any atom is 0.261 e. The van der Waals surface area contributed by atoms with Crippen LogP contribution in [0.25, 0.3) is 6.08 Å². The van der Waals surface area contributed by atoms with E-state index in [2.05, 4.69) is 10.2 Å². The van der Waals surface area contributed by atoms with Crippen LogP contribution in [0.4, 0.5) is 0 Å². The number of thioether (sulfide) groups is 1. The molecule has 0 spiro atoms. The van der Waals surface area contributed by atoms with Gasteiger partial charge in [0.15, 0.2) is 0 Å². The first kappa shape index (κ1) is 21.7. The van der Waals surface area contributed by atoms with Gasteiger partial charge in [0.05, 0.1) is 4.91 Å². The third kappa shape index (κ3) is 5.40. The van der Waals surface area contributed by atoms with Gasteiger partial charge in [0.2, 0.25) is 5.91 Å². The van der Waals surface area contributed by atoms with Crippen molar-refractivity contribution in [3.63, 3.8) is 0 Å². The van der Waals surface area contributed by atoms with Crippen molar-refractivity contribution in [2.24, 2.45) is 0 Å². The molecular weight excluding hydrogens is 418 g/mol. The van der Waals surface area contributed by atoms with Gasteiger partial charge in [-0.3, -0.25) is 9.59 Å². The number of hydrogen-bond acceptors (Lipinski definition) is 4. The zero-order valence-electron chi connectivity index (χ0n) is 17.3. The number of carbonyl (C=O) groups is 2. The molecule has 5 nitrogen and oxygen atoms in total. The number of likely N-dealkylation sites (tertiary alicyclic amines) is 1. The summed E-state index contributed by atoms with van der Waals surface area (Å²) >= 11 is 7.68. The van der Waals surface area contributed by atoms with Gasteiger partial charge in [-0.1, -0.05) is 36.6 Å². The molecule has 2 unspecified atom stereocenters. The Morgan fingerprint density at radius 1 is 1.13 bits per heavy atom. The van der Waals surface area contributed by atoms with Gasteiger partial charge in [-0.2, -0.15) is 0 Å². The topological polar surface area (TPSA) is 52.7 Å². The molecule has 1 N–H and O–H groups in total. The number of carbonyl (C=O) groups excluding carboxylic acids is 2. The van der Waals surface area contributed by atoms with Gasteiger partial charge in [-0.25, -0.2) is 0 Å². The fourth-order valence-electron chi connectivity index (χ4n) is 4.64. The molecule has 0 bridgehead atoms. The lowest BCUT2D eigenvalue weighted by Gasteiger charge is -2.43. The maximum absolute atomic E-state index is 13.3. The van der Waals surface area contributed by atoms with Crippen molar-refractivity contribution < 1.29 is 9.59 Å². The monoisotopic (exact) mass is 447 g/mol. The van der Waals surface area contributed by atoms with Gasteiger partial charge in [-0.05, 0) is 62.5 Å². The van der Waals surface area contributed by atoms with Crippen molar-refractivity contribution >= 4 is 41.3 Å². The van der Waals surface area contributed by atoms with Crippen molar-refractivity contribution in [3.05, 3.63) is 39.8 Å². The minimum absolute atomic E-state index is 0.0206. The van der Waals surface area contributed by atoms with Gasteiger partial charge in [-0.15, -0.1) is 11.8 Å². The Hall–Kier alpha value is -1.50. The van der Waals surface area contributed by atoms with Crippen molar-refractivity contribution in [1.82, 2.24) is 15.1 Å². The second-order valence-electron chi connectivity index (χ2n) is 8.40. The summed E-state index contributed by atoms with van der Waals surface area (Å²) in [5.41, 5.74) is 0.958. The summed E-state index contributed by atoms with van der Waals surface area (Å²) in [6, 6.07) is 7.67. The molecule has 1 aliphatic carbocycles. The molecule has 162 valence electrons. The fourth-order valence-corrected chi connectivity index (χ4v) is 6.24. The molecule has 7 heteroatoms. The molecule has 1 aromatic carbocycles. The van der Waals surface area contributed by atoms with E-state index in [-0.39, 0.29) is 24.4 Å². The Morgan fingerprint density at radius 3 is 2.63 bits per heavy atom. The lowest BCUT2D eigenvalue weighted by atomic mass is 9.93. The molecule has 30 heavy (non-hydrogen) atoms. The third-order valence-corrected chi connectivity index (χ3v) is 7.90. The highest BCUT2D eigenvalue weighted by atomic mass is 35.5. The number of rotatable bonds is 6. The average Bonchev–Trinajstić information content (AvgIpc) is 3.26. The lowest BCUT2D eigenvalue weighted by molar-refractivity contribution is -0.135. The molecule has 4 rings (SSSR count). The number of halogens is 1. The SMILES string of the molecule is O=C(CN1C(=O)/C(=C\c2ccc(Cl)cc2)SC2CCCCC21)NCCN1CCCC1. The van der Waals surface area contributed by atoms with Gasteiger partial charge in [0.1, 0.15) is 6.54 Å². The molecule has 2 aliphatic heterocycles. The molecule has 1 saturated carbocycles. The molecule has 2 atom stereocenters. The smallest absolute Gasteiger partial charge is 0.261 e. The number of fused-ring (bicyclic) bond motifs is 1.